The van der Waals surface area contributed by atoms with Crippen molar-refractivity contribution < 1.29 is 34.5 Å². The molecule has 0 fully saturated rings. The number of hydrazine groups is 1. The molecule has 0 aromatic heterocycles. The van der Waals surface area contributed by atoms with Crippen molar-refractivity contribution >= 4 is 23.6 Å². The zero-order valence-corrected chi connectivity index (χ0v) is 14.9. The van der Waals surface area contributed by atoms with Crippen molar-refractivity contribution in [2.45, 2.75) is 38.3 Å². The lowest BCUT2D eigenvalue weighted by atomic mass is 9.93. The van der Waals surface area contributed by atoms with Crippen LogP contribution in [-0.4, -0.2) is 76.2 Å². The highest BCUT2D eigenvalue weighted by Crippen LogP contribution is 2.13. The molecular formula is C15H28N4O7. The summed E-state index contributed by atoms with van der Waals surface area (Å²) in [7, 11) is 1.37. The van der Waals surface area contributed by atoms with E-state index in [-0.39, 0.29) is 25.8 Å². The summed E-state index contributed by atoms with van der Waals surface area (Å²) in [5, 5.41) is 28.2. The number of carboxylic acid groups (broad SMARTS) is 1. The molecular weight excluding hydrogens is 348 g/mol. The number of aliphatic hydroxyl groups excluding tert-OH is 2. The van der Waals surface area contributed by atoms with E-state index in [1.165, 1.54) is 14.0 Å². The topological polar surface area (TPSA) is 196 Å². The number of rotatable bonds is 13. The first-order chi connectivity index (χ1) is 12.0. The largest absolute Gasteiger partial charge is 0.481 e. The number of carbonyl (C=O) groups excluding carboxylic acids is 3. The first-order valence-corrected chi connectivity index (χ1v) is 8.07. The van der Waals surface area contributed by atoms with Gasteiger partial charge in [-0.3, -0.25) is 24.2 Å². The van der Waals surface area contributed by atoms with Crippen LogP contribution in [0.5, 0.6) is 0 Å². The number of Topliss-reactive ketones (excluding diaryl/α,β-unsaturated/α-hetero) is 1. The molecule has 2 amide bonds. The van der Waals surface area contributed by atoms with Crippen molar-refractivity contribution in [3.63, 3.8) is 0 Å². The highest BCUT2D eigenvalue weighted by molar-refractivity contribution is 5.84. The molecule has 26 heavy (non-hydrogen) atoms. The molecule has 0 aliphatic rings. The van der Waals surface area contributed by atoms with Gasteiger partial charge in [0.25, 0.3) is 5.91 Å². The number of nitrogens with zero attached hydrogens (tertiary/aromatic N) is 1. The van der Waals surface area contributed by atoms with Crippen molar-refractivity contribution in [1.82, 2.24) is 10.4 Å². The fraction of sp³-hybridized carbons (Fsp3) is 0.733. The summed E-state index contributed by atoms with van der Waals surface area (Å²) in [6.45, 7) is 0.722. The van der Waals surface area contributed by atoms with Gasteiger partial charge >= 0.3 is 5.97 Å². The molecule has 0 saturated heterocycles. The molecule has 0 aliphatic heterocycles. The molecule has 11 heteroatoms. The molecule has 0 spiro atoms. The van der Waals surface area contributed by atoms with E-state index in [0.717, 1.165) is 5.01 Å². The number of aliphatic carboxylic acids is 1. The maximum absolute atomic E-state index is 12.0. The smallest absolute Gasteiger partial charge is 0.309 e. The van der Waals surface area contributed by atoms with Gasteiger partial charge < -0.3 is 26.8 Å². The summed E-state index contributed by atoms with van der Waals surface area (Å²) in [5.74, 6) is -4.77. The molecule has 0 bridgehead atoms. The van der Waals surface area contributed by atoms with Crippen LogP contribution in [0.1, 0.15) is 26.2 Å². The number of carboxylic acids is 1. The third-order valence-electron chi connectivity index (χ3n) is 3.80. The Kier molecular flexibility index (Phi) is 10.6. The Morgan fingerprint density at radius 1 is 1.15 bits per heavy atom. The molecule has 8 N–H and O–H groups in total. The number of amides is 2. The third-order valence-corrected chi connectivity index (χ3v) is 3.80. The van der Waals surface area contributed by atoms with Crippen LogP contribution in [0.3, 0.4) is 0 Å². The monoisotopic (exact) mass is 376 g/mol. The number of aliphatic hydroxyl groups is 2. The van der Waals surface area contributed by atoms with Gasteiger partial charge in [-0.1, -0.05) is 0 Å². The van der Waals surface area contributed by atoms with Gasteiger partial charge in [-0.2, -0.15) is 0 Å². The summed E-state index contributed by atoms with van der Waals surface area (Å²) in [5.41, 5.74) is 13.4. The summed E-state index contributed by atoms with van der Waals surface area (Å²) in [6.07, 6.45) is -1.73. The first-order valence-electron chi connectivity index (χ1n) is 8.07. The second-order valence-corrected chi connectivity index (χ2v) is 6.23. The minimum atomic E-state index is -1.29. The Morgan fingerprint density at radius 3 is 2.15 bits per heavy atom. The van der Waals surface area contributed by atoms with Gasteiger partial charge in [0, 0.05) is 32.9 Å². The van der Waals surface area contributed by atoms with Gasteiger partial charge in [-0.15, -0.1) is 0 Å². The van der Waals surface area contributed by atoms with Crippen molar-refractivity contribution in [2.75, 3.05) is 20.2 Å². The van der Waals surface area contributed by atoms with Crippen LogP contribution in [0.25, 0.3) is 0 Å². The number of carbonyl (C=O) groups is 4. The minimum Gasteiger partial charge on any atom is -0.481 e. The van der Waals surface area contributed by atoms with Gasteiger partial charge in [0.2, 0.25) is 5.91 Å². The Labute approximate surface area is 151 Å². The average Bonchev–Trinajstić information content (AvgIpc) is 2.54. The number of primary amides is 1. The molecule has 150 valence electrons. The minimum absolute atomic E-state index is 0.0281. The predicted molar refractivity (Wildman–Crippen MR) is 90.2 cm³/mol. The zero-order valence-electron chi connectivity index (χ0n) is 14.9. The maximum Gasteiger partial charge on any atom is 0.309 e. The number of nitrogens with two attached hydrogens (primary N) is 2. The number of ketones is 1. The van der Waals surface area contributed by atoms with Crippen LogP contribution in [0, 0.1) is 11.8 Å². The van der Waals surface area contributed by atoms with Crippen molar-refractivity contribution in [3.8, 4) is 0 Å². The average molecular weight is 376 g/mol. The van der Waals surface area contributed by atoms with E-state index in [2.05, 4.69) is 5.43 Å². The van der Waals surface area contributed by atoms with Crippen LogP contribution in [0.15, 0.2) is 0 Å². The standard InChI is InChI=1S/C15H28N4O7/c1-8(21)13(17)14(24)19(2)18-6-9(4-12(16)23)3-11(22)5-10(7-20)15(25)26/h8-10,13,18,20-21H,3-7,17H2,1-2H3,(H2,16,23)(H,25,26)/t8?,9-,10-,13-/m0/s1. The van der Waals surface area contributed by atoms with Crippen molar-refractivity contribution in [3.05, 3.63) is 0 Å². The van der Waals surface area contributed by atoms with Gasteiger partial charge in [0.05, 0.1) is 18.6 Å². The van der Waals surface area contributed by atoms with E-state index in [9.17, 15) is 24.3 Å². The van der Waals surface area contributed by atoms with Crippen molar-refractivity contribution in [1.29, 1.82) is 0 Å². The van der Waals surface area contributed by atoms with E-state index in [1.54, 1.807) is 0 Å². The van der Waals surface area contributed by atoms with Gasteiger partial charge in [-0.05, 0) is 12.8 Å². The lowest BCUT2D eigenvalue weighted by Gasteiger charge is -2.25. The number of nitrogens with one attached hydrogen (secondary N) is 1. The number of hydrogen-bond donors (Lipinski definition) is 6. The molecule has 11 nitrogen and oxygen atoms in total. The zero-order chi connectivity index (χ0) is 20.4. The fourth-order valence-electron chi connectivity index (χ4n) is 2.19. The van der Waals surface area contributed by atoms with Gasteiger partial charge in [0.1, 0.15) is 11.8 Å². The molecule has 0 aromatic rings. The molecule has 0 saturated carbocycles. The van der Waals surface area contributed by atoms with Crippen LogP contribution in [0.2, 0.25) is 0 Å². The van der Waals surface area contributed by atoms with E-state index in [1.807, 2.05) is 0 Å². The van der Waals surface area contributed by atoms with E-state index in [4.69, 9.17) is 21.7 Å². The molecule has 0 aromatic carbocycles. The highest BCUT2D eigenvalue weighted by Gasteiger charge is 2.25. The predicted octanol–water partition coefficient (Wildman–Crippen LogP) is -2.81. The van der Waals surface area contributed by atoms with E-state index in [0.29, 0.717) is 0 Å². The summed E-state index contributed by atoms with van der Waals surface area (Å²) < 4.78 is 0. The summed E-state index contributed by atoms with van der Waals surface area (Å²) in [6, 6.07) is -1.13. The van der Waals surface area contributed by atoms with Gasteiger partial charge in [-0.25, -0.2) is 5.43 Å². The Hall–Kier alpha value is -2.08. The second-order valence-electron chi connectivity index (χ2n) is 6.23. The molecule has 0 radical (unpaired) electrons. The Bertz CT molecular complexity index is 512. The number of likely N-dealkylation sites (N-methyl/N-ethyl adjacent to an activating group) is 1. The molecule has 4 atom stereocenters. The quantitative estimate of drug-likeness (QED) is 0.184. The maximum atomic E-state index is 12.0. The molecule has 0 rings (SSSR count). The van der Waals surface area contributed by atoms with E-state index < -0.39 is 54.2 Å². The van der Waals surface area contributed by atoms with Crippen LogP contribution in [-0.2, 0) is 19.2 Å². The molecule has 0 heterocycles. The lowest BCUT2D eigenvalue weighted by Crippen LogP contribution is -2.53. The first kappa shape index (κ1) is 23.9. The number of hydrogen-bond acceptors (Lipinski definition) is 8. The fourth-order valence-corrected chi connectivity index (χ4v) is 2.19. The highest BCUT2D eigenvalue weighted by atomic mass is 16.4. The Morgan fingerprint density at radius 2 is 1.73 bits per heavy atom. The van der Waals surface area contributed by atoms with Crippen LogP contribution in [0.4, 0.5) is 0 Å². The normalized spacial score (nSPS) is 15.6. The lowest BCUT2D eigenvalue weighted by molar-refractivity contribution is -0.145. The molecule has 1 unspecified atom stereocenters. The SMILES string of the molecule is CC(O)[C@H](N)C(=O)N(C)NC[C@H](CC(N)=O)CC(=O)C[C@@H](CO)C(=O)O. The van der Waals surface area contributed by atoms with Crippen molar-refractivity contribution in [2.24, 2.45) is 23.3 Å². The van der Waals surface area contributed by atoms with Gasteiger partial charge in [0.15, 0.2) is 0 Å². The summed E-state index contributed by atoms with van der Waals surface area (Å²) >= 11 is 0. The second kappa shape index (κ2) is 11.5. The van der Waals surface area contributed by atoms with E-state index >= 15 is 0 Å². The molecule has 0 aliphatic carbocycles. The van der Waals surface area contributed by atoms with Crippen LogP contribution < -0.4 is 16.9 Å². The van der Waals surface area contributed by atoms with Crippen LogP contribution >= 0.6 is 0 Å². The third kappa shape index (κ3) is 8.85. The summed E-state index contributed by atoms with van der Waals surface area (Å²) in [4.78, 5) is 46.0. The Balaban J connectivity index is 4.75.